The summed E-state index contributed by atoms with van der Waals surface area (Å²) in [5, 5.41) is 0. The summed E-state index contributed by atoms with van der Waals surface area (Å²) in [4.78, 5) is 2.52. The van der Waals surface area contributed by atoms with Gasteiger partial charge in [0.2, 0.25) is 0 Å². The fraction of sp³-hybridized carbons (Fsp3) is 0.818. The summed E-state index contributed by atoms with van der Waals surface area (Å²) in [6.45, 7) is 9.84. The van der Waals surface area contributed by atoms with Gasteiger partial charge in [-0.25, -0.2) is 0 Å². The average Bonchev–Trinajstić information content (AvgIpc) is 2.17. The van der Waals surface area contributed by atoms with Crippen molar-refractivity contribution in [3.05, 3.63) is 11.6 Å². The predicted octanol–water partition coefficient (Wildman–Crippen LogP) is 1.62. The van der Waals surface area contributed by atoms with Crippen LogP contribution in [0.15, 0.2) is 11.6 Å². The third kappa shape index (κ3) is 2.82. The molecule has 0 aromatic carbocycles. The molecular weight excluding hydrogens is 160 g/mol. The largest absolute Gasteiger partial charge is 0.330 e. The van der Waals surface area contributed by atoms with Gasteiger partial charge in [-0.05, 0) is 32.7 Å². The lowest BCUT2D eigenvalue weighted by atomic mass is 10.00. The molecule has 2 nitrogen and oxygen atoms in total. The van der Waals surface area contributed by atoms with Crippen LogP contribution < -0.4 is 5.73 Å². The highest BCUT2D eigenvalue weighted by molar-refractivity contribution is 5.04. The predicted molar refractivity (Wildman–Crippen MR) is 57.6 cm³/mol. The first-order valence-electron chi connectivity index (χ1n) is 5.25. The van der Waals surface area contributed by atoms with Gasteiger partial charge in [0.05, 0.1) is 0 Å². The van der Waals surface area contributed by atoms with E-state index in [1.165, 1.54) is 18.5 Å². The van der Waals surface area contributed by atoms with E-state index in [4.69, 9.17) is 5.73 Å². The molecule has 1 heterocycles. The topological polar surface area (TPSA) is 29.3 Å². The first-order chi connectivity index (χ1) is 6.15. The number of nitrogens with two attached hydrogens (primary N) is 1. The van der Waals surface area contributed by atoms with Gasteiger partial charge in [-0.2, -0.15) is 0 Å². The average molecular weight is 182 g/mol. The number of rotatable bonds is 3. The zero-order chi connectivity index (χ0) is 9.84. The van der Waals surface area contributed by atoms with Crippen molar-refractivity contribution in [1.82, 2.24) is 4.90 Å². The molecule has 0 amide bonds. The van der Waals surface area contributed by atoms with Crippen LogP contribution in [0.3, 0.4) is 0 Å². The van der Waals surface area contributed by atoms with E-state index in [0.717, 1.165) is 13.1 Å². The summed E-state index contributed by atoms with van der Waals surface area (Å²) in [5.41, 5.74) is 7.20. The first kappa shape index (κ1) is 10.7. The summed E-state index contributed by atoms with van der Waals surface area (Å²) in [5.74, 6) is 0.604. The van der Waals surface area contributed by atoms with Crippen molar-refractivity contribution in [3.8, 4) is 0 Å². The molecule has 0 fully saturated rings. The van der Waals surface area contributed by atoms with Gasteiger partial charge in [0.25, 0.3) is 0 Å². The fourth-order valence-electron chi connectivity index (χ4n) is 1.71. The van der Waals surface area contributed by atoms with Gasteiger partial charge >= 0.3 is 0 Å². The number of nitrogens with zero attached hydrogens (tertiary/aromatic N) is 1. The summed E-state index contributed by atoms with van der Waals surface area (Å²) >= 11 is 0. The second-order valence-electron chi connectivity index (χ2n) is 4.25. The second kappa shape index (κ2) is 4.77. The fourth-order valence-corrected chi connectivity index (χ4v) is 1.71. The minimum Gasteiger partial charge on any atom is -0.330 e. The quantitative estimate of drug-likeness (QED) is 0.672. The summed E-state index contributed by atoms with van der Waals surface area (Å²) in [6.07, 6.45) is 3.56. The van der Waals surface area contributed by atoms with Crippen LogP contribution in [0.25, 0.3) is 0 Å². The van der Waals surface area contributed by atoms with Crippen molar-refractivity contribution in [2.75, 3.05) is 19.6 Å². The highest BCUT2D eigenvalue weighted by Gasteiger charge is 2.19. The maximum Gasteiger partial charge on any atom is 0.0168 e. The van der Waals surface area contributed by atoms with E-state index in [0.29, 0.717) is 12.0 Å². The monoisotopic (exact) mass is 182 g/mol. The summed E-state index contributed by atoms with van der Waals surface area (Å²) in [6, 6.07) is 0.620. The van der Waals surface area contributed by atoms with Gasteiger partial charge < -0.3 is 5.73 Å². The van der Waals surface area contributed by atoms with E-state index in [-0.39, 0.29) is 0 Å². The Morgan fingerprint density at radius 1 is 1.54 bits per heavy atom. The molecule has 0 radical (unpaired) electrons. The second-order valence-corrected chi connectivity index (χ2v) is 4.25. The molecule has 13 heavy (non-hydrogen) atoms. The van der Waals surface area contributed by atoms with Crippen LogP contribution in [-0.4, -0.2) is 30.6 Å². The molecule has 1 aliphatic rings. The molecule has 0 saturated carbocycles. The molecule has 2 atom stereocenters. The van der Waals surface area contributed by atoms with Crippen LogP contribution in [0.2, 0.25) is 0 Å². The van der Waals surface area contributed by atoms with Gasteiger partial charge in [0.15, 0.2) is 0 Å². The summed E-state index contributed by atoms with van der Waals surface area (Å²) in [7, 11) is 0. The van der Waals surface area contributed by atoms with Gasteiger partial charge in [0, 0.05) is 19.1 Å². The Hall–Kier alpha value is -0.340. The Morgan fingerprint density at radius 3 is 2.69 bits per heavy atom. The van der Waals surface area contributed by atoms with Crippen LogP contribution in [0.5, 0.6) is 0 Å². The van der Waals surface area contributed by atoms with Crippen LogP contribution in [0, 0.1) is 5.92 Å². The van der Waals surface area contributed by atoms with E-state index in [2.05, 4.69) is 31.7 Å². The van der Waals surface area contributed by atoms with Crippen molar-refractivity contribution < 1.29 is 0 Å². The van der Waals surface area contributed by atoms with E-state index >= 15 is 0 Å². The van der Waals surface area contributed by atoms with Gasteiger partial charge in [-0.15, -0.1) is 0 Å². The standard InChI is InChI=1S/C11H22N2/c1-9-4-6-13(7-5-9)11(3)10(2)8-12/h4,10-11H,5-8,12H2,1-3H3. The van der Waals surface area contributed by atoms with Crippen LogP contribution in [0.4, 0.5) is 0 Å². The Bertz CT molecular complexity index is 187. The lowest BCUT2D eigenvalue weighted by Gasteiger charge is -2.34. The smallest absolute Gasteiger partial charge is 0.0168 e. The molecule has 0 aromatic rings. The maximum absolute atomic E-state index is 5.66. The van der Waals surface area contributed by atoms with E-state index in [1.54, 1.807) is 0 Å². The van der Waals surface area contributed by atoms with E-state index < -0.39 is 0 Å². The molecule has 76 valence electrons. The lowest BCUT2D eigenvalue weighted by Crippen LogP contribution is -2.42. The van der Waals surface area contributed by atoms with Crippen molar-refractivity contribution in [2.45, 2.75) is 33.2 Å². The summed E-state index contributed by atoms with van der Waals surface area (Å²) < 4.78 is 0. The molecule has 0 aliphatic carbocycles. The van der Waals surface area contributed by atoms with Crippen molar-refractivity contribution in [3.63, 3.8) is 0 Å². The molecular formula is C11H22N2. The van der Waals surface area contributed by atoms with Crippen molar-refractivity contribution >= 4 is 0 Å². The zero-order valence-electron chi connectivity index (χ0n) is 9.09. The molecule has 1 aliphatic heterocycles. The first-order valence-corrected chi connectivity index (χ1v) is 5.25. The Labute approximate surface area is 81.8 Å². The van der Waals surface area contributed by atoms with Crippen LogP contribution in [-0.2, 0) is 0 Å². The van der Waals surface area contributed by atoms with Crippen molar-refractivity contribution in [1.29, 1.82) is 0 Å². The Balaban J connectivity index is 2.45. The minimum absolute atomic E-state index is 0.604. The molecule has 0 bridgehead atoms. The van der Waals surface area contributed by atoms with Gasteiger partial charge in [-0.3, -0.25) is 4.90 Å². The van der Waals surface area contributed by atoms with Gasteiger partial charge in [0.1, 0.15) is 0 Å². The molecule has 0 spiro atoms. The third-order valence-corrected chi connectivity index (χ3v) is 3.24. The van der Waals surface area contributed by atoms with Gasteiger partial charge in [-0.1, -0.05) is 18.6 Å². The molecule has 1 rings (SSSR count). The highest BCUT2D eigenvalue weighted by atomic mass is 15.2. The highest BCUT2D eigenvalue weighted by Crippen LogP contribution is 2.16. The lowest BCUT2D eigenvalue weighted by molar-refractivity contribution is 0.176. The van der Waals surface area contributed by atoms with Crippen molar-refractivity contribution in [2.24, 2.45) is 11.7 Å². The third-order valence-electron chi connectivity index (χ3n) is 3.24. The molecule has 2 unspecified atom stereocenters. The molecule has 0 aromatic heterocycles. The number of hydrogen-bond donors (Lipinski definition) is 1. The zero-order valence-corrected chi connectivity index (χ0v) is 9.09. The Morgan fingerprint density at radius 2 is 2.23 bits per heavy atom. The van der Waals surface area contributed by atoms with E-state index in [9.17, 15) is 0 Å². The molecule has 2 heteroatoms. The number of hydrogen-bond acceptors (Lipinski definition) is 2. The SMILES string of the molecule is CC1=CCN(C(C)C(C)CN)CC1. The van der Waals surface area contributed by atoms with E-state index in [1.807, 2.05) is 0 Å². The minimum atomic E-state index is 0.604. The maximum atomic E-state index is 5.66. The van der Waals surface area contributed by atoms with Crippen LogP contribution >= 0.6 is 0 Å². The molecule has 2 N–H and O–H groups in total. The normalized spacial score (nSPS) is 23.8. The van der Waals surface area contributed by atoms with Crippen LogP contribution in [0.1, 0.15) is 27.2 Å². The Kier molecular flexibility index (Phi) is 3.94. The molecule has 0 saturated heterocycles.